The van der Waals surface area contributed by atoms with Gasteiger partial charge in [0.15, 0.2) is 0 Å². The number of halogens is 3. The zero-order valence-corrected chi connectivity index (χ0v) is 13.0. The minimum atomic E-state index is -4.66. The molecule has 0 amide bonds. The predicted molar refractivity (Wildman–Crippen MR) is 53.1 cm³/mol. The summed E-state index contributed by atoms with van der Waals surface area (Å²) in [4.78, 5) is 1.59. The van der Waals surface area contributed by atoms with Crippen molar-refractivity contribution in [3.63, 3.8) is 0 Å². The molecule has 1 rings (SSSR count). The Bertz CT molecular complexity index is 189. The molecule has 0 aromatic rings. The molecule has 1 saturated heterocycles. The fraction of sp³-hybridized carbons (Fsp3) is 1.00. The second kappa shape index (κ2) is 7.01. The van der Waals surface area contributed by atoms with Crippen LogP contribution in [-0.4, -0.2) is 30.9 Å². The average Bonchev–Trinajstić information content (AvgIpc) is 2.06. The largest absolute Gasteiger partial charge is 1.00 e. The molecule has 0 radical (unpaired) electrons. The molecule has 0 aromatic heterocycles. The zero-order valence-electron chi connectivity index (χ0n) is 9.85. The minimum Gasteiger partial charge on any atom is -0.448 e. The monoisotopic (exact) mass is 247 g/mol. The van der Waals surface area contributed by atoms with Crippen LogP contribution in [0.2, 0.25) is 0 Å². The molecule has 84 valence electrons. The van der Waals surface area contributed by atoms with Crippen LogP contribution in [0.4, 0.5) is 12.9 Å². The van der Waals surface area contributed by atoms with Crippen LogP contribution in [0.3, 0.4) is 0 Å². The molecule has 1 fully saturated rings. The van der Waals surface area contributed by atoms with Crippen LogP contribution in [0.5, 0.6) is 0 Å². The Balaban J connectivity index is 0.00000196. The van der Waals surface area contributed by atoms with E-state index >= 15 is 0 Å². The molecule has 1 aliphatic rings. The molecular formula is C9H18BF3KN. The number of piperidine rings is 1. The summed E-state index contributed by atoms with van der Waals surface area (Å²) in [6, 6.07) is 0.0984. The van der Waals surface area contributed by atoms with Crippen molar-refractivity contribution in [1.82, 2.24) is 4.90 Å². The third-order valence-electron chi connectivity index (χ3n) is 3.13. The number of rotatable bonds is 3. The number of hydrogen-bond donors (Lipinski definition) is 0. The van der Waals surface area contributed by atoms with E-state index in [1.165, 1.54) is 0 Å². The van der Waals surface area contributed by atoms with Gasteiger partial charge in [-0.1, -0.05) is 13.3 Å². The van der Waals surface area contributed by atoms with Crippen LogP contribution < -0.4 is 51.4 Å². The van der Waals surface area contributed by atoms with Crippen LogP contribution in [0.25, 0.3) is 0 Å². The fourth-order valence-corrected chi connectivity index (χ4v) is 2.12. The van der Waals surface area contributed by atoms with Gasteiger partial charge in [-0.05, 0) is 38.7 Å². The second-order valence-electron chi connectivity index (χ2n) is 4.36. The Morgan fingerprint density at radius 1 is 1.27 bits per heavy atom. The van der Waals surface area contributed by atoms with Gasteiger partial charge >= 0.3 is 58.4 Å². The Morgan fingerprint density at radius 3 is 2.33 bits per heavy atom. The third kappa shape index (κ3) is 6.08. The molecule has 0 aliphatic carbocycles. The molecule has 15 heavy (non-hydrogen) atoms. The Hall–Kier alpha value is 1.45. The average molecular weight is 247 g/mol. The maximum atomic E-state index is 12.3. The summed E-state index contributed by atoms with van der Waals surface area (Å²) in [5.41, 5.74) is 0. The van der Waals surface area contributed by atoms with Crippen molar-refractivity contribution in [2.24, 2.45) is 5.92 Å². The molecule has 6 heteroatoms. The standard InChI is InChI=1S/C9H18BF3N.K/c1-3-9-5-4-8(2)14(6-9)7-10(11,12)13;/h8-9H,3-7H2,1-2H3;/q-1;+1. The van der Waals surface area contributed by atoms with E-state index in [9.17, 15) is 12.9 Å². The van der Waals surface area contributed by atoms with Gasteiger partial charge in [0.25, 0.3) is 0 Å². The predicted octanol–water partition coefficient (Wildman–Crippen LogP) is -0.112. The maximum Gasteiger partial charge on any atom is 1.00 e. The first-order valence-electron chi connectivity index (χ1n) is 5.37. The molecule has 1 heterocycles. The van der Waals surface area contributed by atoms with Gasteiger partial charge in [-0.2, -0.15) is 0 Å². The molecular weight excluding hydrogens is 229 g/mol. The number of nitrogens with zero attached hydrogens (tertiary/aromatic N) is 1. The summed E-state index contributed by atoms with van der Waals surface area (Å²) in [6.07, 6.45) is 2.30. The zero-order chi connectivity index (χ0) is 10.8. The van der Waals surface area contributed by atoms with E-state index in [4.69, 9.17) is 0 Å². The molecule has 0 saturated carbocycles. The molecule has 2 unspecified atom stereocenters. The molecule has 1 aliphatic heterocycles. The van der Waals surface area contributed by atoms with Gasteiger partial charge in [0, 0.05) is 6.04 Å². The minimum absolute atomic E-state index is 0. The summed E-state index contributed by atoms with van der Waals surface area (Å²) >= 11 is 0. The third-order valence-corrected chi connectivity index (χ3v) is 3.13. The number of likely N-dealkylation sites (tertiary alicyclic amines) is 1. The van der Waals surface area contributed by atoms with Crippen LogP contribution in [0.1, 0.15) is 33.1 Å². The first kappa shape index (κ1) is 16.5. The first-order valence-corrected chi connectivity index (χ1v) is 5.37. The normalized spacial score (nSPS) is 28.6. The van der Waals surface area contributed by atoms with E-state index in [1.54, 1.807) is 4.90 Å². The van der Waals surface area contributed by atoms with Crippen molar-refractivity contribution in [1.29, 1.82) is 0 Å². The summed E-state index contributed by atoms with van der Waals surface area (Å²) in [7, 11) is 0. The molecule has 0 N–H and O–H groups in total. The quantitative estimate of drug-likeness (QED) is 0.629. The van der Waals surface area contributed by atoms with Gasteiger partial charge in [-0.3, -0.25) is 0 Å². The maximum absolute atomic E-state index is 12.3. The van der Waals surface area contributed by atoms with Gasteiger partial charge < -0.3 is 17.8 Å². The van der Waals surface area contributed by atoms with E-state index in [-0.39, 0.29) is 57.4 Å². The second-order valence-corrected chi connectivity index (χ2v) is 4.36. The van der Waals surface area contributed by atoms with E-state index < -0.39 is 13.4 Å². The molecule has 0 bridgehead atoms. The van der Waals surface area contributed by atoms with Gasteiger partial charge in [0.2, 0.25) is 0 Å². The SMILES string of the molecule is CCC1CCC(C)N(C[B-](F)(F)F)C1.[K+]. The molecule has 1 nitrogen and oxygen atoms in total. The van der Waals surface area contributed by atoms with E-state index in [0.717, 1.165) is 19.3 Å². The Labute approximate surface area is 133 Å². The van der Waals surface area contributed by atoms with E-state index in [1.807, 2.05) is 6.92 Å². The van der Waals surface area contributed by atoms with E-state index in [2.05, 4.69) is 6.92 Å². The van der Waals surface area contributed by atoms with Gasteiger partial charge in [-0.15, -0.1) is 0 Å². The smallest absolute Gasteiger partial charge is 0.448 e. The van der Waals surface area contributed by atoms with E-state index in [0.29, 0.717) is 12.5 Å². The van der Waals surface area contributed by atoms with Crippen molar-refractivity contribution in [2.75, 3.05) is 13.0 Å². The van der Waals surface area contributed by atoms with Gasteiger partial charge in [0.05, 0.1) is 0 Å². The van der Waals surface area contributed by atoms with Gasteiger partial charge in [0.1, 0.15) is 0 Å². The summed E-state index contributed by atoms with van der Waals surface area (Å²) in [5, 5.41) is 0. The first-order chi connectivity index (χ1) is 6.42. The van der Waals surface area contributed by atoms with Crippen molar-refractivity contribution in [3.05, 3.63) is 0 Å². The summed E-state index contributed by atoms with van der Waals surface area (Å²) in [6.45, 7) is -0.0861. The van der Waals surface area contributed by atoms with Crippen molar-refractivity contribution >= 4 is 6.98 Å². The van der Waals surface area contributed by atoms with Crippen molar-refractivity contribution in [3.8, 4) is 0 Å². The molecule has 0 aromatic carbocycles. The van der Waals surface area contributed by atoms with Gasteiger partial charge in [-0.25, -0.2) is 0 Å². The molecule has 0 spiro atoms. The van der Waals surface area contributed by atoms with Crippen molar-refractivity contribution in [2.45, 2.75) is 39.2 Å². The van der Waals surface area contributed by atoms with Crippen LogP contribution >= 0.6 is 0 Å². The van der Waals surface area contributed by atoms with Crippen molar-refractivity contribution < 1.29 is 64.3 Å². The van der Waals surface area contributed by atoms with Crippen LogP contribution in [-0.2, 0) is 0 Å². The summed E-state index contributed by atoms with van der Waals surface area (Å²) < 4.78 is 36.8. The Morgan fingerprint density at radius 2 is 1.87 bits per heavy atom. The van der Waals surface area contributed by atoms with Crippen LogP contribution in [0, 0.1) is 5.92 Å². The summed E-state index contributed by atoms with van der Waals surface area (Å²) in [5.74, 6) is 0.462. The number of hydrogen-bond acceptors (Lipinski definition) is 1. The molecule has 2 atom stereocenters. The fourth-order valence-electron chi connectivity index (χ4n) is 2.12. The topological polar surface area (TPSA) is 3.24 Å². The van der Waals surface area contributed by atoms with Crippen LogP contribution in [0.15, 0.2) is 0 Å². The Kier molecular flexibility index (Phi) is 7.69.